The molecule has 0 spiro atoms. The molecule has 4 nitrogen and oxygen atoms in total. The lowest BCUT2D eigenvalue weighted by atomic mass is 10.3. The number of nitrogens with one attached hydrogen (secondary N) is 1. The number of aromatic amines is 1. The first-order chi connectivity index (χ1) is 7.22. The van der Waals surface area contributed by atoms with Crippen molar-refractivity contribution in [2.24, 2.45) is 0 Å². The molecule has 2 aromatic heterocycles. The average Bonchev–Trinajstić information content (AvgIpc) is 2.60. The molecule has 5 heteroatoms. The summed E-state index contributed by atoms with van der Waals surface area (Å²) >= 11 is 2.17. The molecule has 0 aliphatic carbocycles. The number of rotatable bonds is 2. The van der Waals surface area contributed by atoms with Crippen LogP contribution in [0.25, 0.3) is 11.0 Å². The number of H-pyrrole nitrogens is 1. The third kappa shape index (κ3) is 1.97. The summed E-state index contributed by atoms with van der Waals surface area (Å²) in [6.07, 6.45) is 1.85. The zero-order valence-electron chi connectivity index (χ0n) is 8.08. The van der Waals surface area contributed by atoms with Crippen LogP contribution in [0.15, 0.2) is 18.3 Å². The van der Waals surface area contributed by atoms with Crippen LogP contribution in [0.1, 0.15) is 17.4 Å². The number of hydrogen-bond acceptors (Lipinski definition) is 3. The zero-order chi connectivity index (χ0) is 10.8. The second-order valence-corrected chi connectivity index (χ2v) is 4.11. The van der Waals surface area contributed by atoms with E-state index in [-0.39, 0.29) is 5.97 Å². The van der Waals surface area contributed by atoms with Gasteiger partial charge in [-0.2, -0.15) is 0 Å². The fraction of sp³-hybridized carbons (Fsp3) is 0.200. The number of fused-ring (bicyclic) bond motifs is 1. The van der Waals surface area contributed by atoms with Gasteiger partial charge in [-0.3, -0.25) is 0 Å². The van der Waals surface area contributed by atoms with Crippen LogP contribution in [0.3, 0.4) is 0 Å². The predicted molar refractivity (Wildman–Crippen MR) is 64.8 cm³/mol. The third-order valence-electron chi connectivity index (χ3n) is 1.96. The molecule has 2 heterocycles. The van der Waals surface area contributed by atoms with Gasteiger partial charge in [-0.1, -0.05) is 0 Å². The van der Waals surface area contributed by atoms with Crippen molar-refractivity contribution >= 4 is 39.6 Å². The summed E-state index contributed by atoms with van der Waals surface area (Å²) in [6, 6.07) is 3.49. The van der Waals surface area contributed by atoms with Gasteiger partial charge in [-0.25, -0.2) is 9.78 Å². The number of pyridine rings is 1. The molecular weight excluding hydrogens is 307 g/mol. The summed E-state index contributed by atoms with van der Waals surface area (Å²) in [4.78, 5) is 18.7. The molecule has 0 aromatic carbocycles. The second kappa shape index (κ2) is 4.18. The molecule has 0 atom stereocenters. The first-order valence-electron chi connectivity index (χ1n) is 4.53. The molecule has 0 amide bonds. The van der Waals surface area contributed by atoms with E-state index in [0.717, 1.165) is 14.6 Å². The molecule has 0 radical (unpaired) electrons. The molecule has 15 heavy (non-hydrogen) atoms. The molecule has 78 valence electrons. The van der Waals surface area contributed by atoms with E-state index in [0.29, 0.717) is 12.3 Å². The second-order valence-electron chi connectivity index (χ2n) is 2.95. The minimum Gasteiger partial charge on any atom is -0.461 e. The van der Waals surface area contributed by atoms with Crippen LogP contribution in [0.5, 0.6) is 0 Å². The molecule has 0 saturated heterocycles. The molecule has 0 fully saturated rings. The van der Waals surface area contributed by atoms with Gasteiger partial charge in [-0.15, -0.1) is 0 Å². The van der Waals surface area contributed by atoms with Crippen molar-refractivity contribution in [2.45, 2.75) is 6.92 Å². The van der Waals surface area contributed by atoms with Crippen molar-refractivity contribution in [3.8, 4) is 0 Å². The molecule has 2 rings (SSSR count). The fourth-order valence-corrected chi connectivity index (χ4v) is 1.85. The standard InChI is InChI=1S/C10H9IN2O2/c1-2-15-10(14)8-4-3-7-9(13-8)6(11)5-12-7/h3-5,12H,2H2,1H3. The lowest BCUT2D eigenvalue weighted by Crippen LogP contribution is -2.06. The van der Waals surface area contributed by atoms with Crippen LogP contribution < -0.4 is 0 Å². The first kappa shape index (κ1) is 10.4. The number of hydrogen-bond donors (Lipinski definition) is 1. The number of nitrogens with zero attached hydrogens (tertiary/aromatic N) is 1. The summed E-state index contributed by atoms with van der Waals surface area (Å²) in [7, 11) is 0. The van der Waals surface area contributed by atoms with Crippen LogP contribution >= 0.6 is 22.6 Å². The molecule has 0 aliphatic heterocycles. The van der Waals surface area contributed by atoms with Crippen LogP contribution in [-0.2, 0) is 4.74 Å². The van der Waals surface area contributed by atoms with Crippen molar-refractivity contribution in [2.75, 3.05) is 6.61 Å². The Bertz CT molecular complexity index is 507. The van der Waals surface area contributed by atoms with Crippen molar-refractivity contribution < 1.29 is 9.53 Å². The molecule has 2 aromatic rings. The number of carbonyl (C=O) groups excluding carboxylic acids is 1. The lowest BCUT2D eigenvalue weighted by molar-refractivity contribution is 0.0520. The molecule has 0 unspecified atom stereocenters. The highest BCUT2D eigenvalue weighted by molar-refractivity contribution is 14.1. The van der Waals surface area contributed by atoms with E-state index in [1.54, 1.807) is 13.0 Å². The molecule has 0 bridgehead atoms. The van der Waals surface area contributed by atoms with Crippen LogP contribution in [0.2, 0.25) is 0 Å². The normalized spacial score (nSPS) is 10.5. The summed E-state index contributed by atoms with van der Waals surface area (Å²) in [5, 5.41) is 0. The molecule has 1 N–H and O–H groups in total. The van der Waals surface area contributed by atoms with Gasteiger partial charge in [0.2, 0.25) is 0 Å². The maximum Gasteiger partial charge on any atom is 0.356 e. The van der Waals surface area contributed by atoms with Gasteiger partial charge < -0.3 is 9.72 Å². The van der Waals surface area contributed by atoms with Gasteiger partial charge in [0.1, 0.15) is 11.2 Å². The Morgan fingerprint density at radius 1 is 1.60 bits per heavy atom. The lowest BCUT2D eigenvalue weighted by Gasteiger charge is -2.00. The monoisotopic (exact) mass is 316 g/mol. The van der Waals surface area contributed by atoms with E-state index in [4.69, 9.17) is 4.74 Å². The first-order valence-corrected chi connectivity index (χ1v) is 5.61. The Balaban J connectivity index is 2.45. The maximum absolute atomic E-state index is 11.4. The largest absolute Gasteiger partial charge is 0.461 e. The topological polar surface area (TPSA) is 55.0 Å². The smallest absolute Gasteiger partial charge is 0.356 e. The summed E-state index contributed by atoms with van der Waals surface area (Å²) in [5.74, 6) is -0.378. The summed E-state index contributed by atoms with van der Waals surface area (Å²) < 4.78 is 5.87. The van der Waals surface area contributed by atoms with E-state index < -0.39 is 0 Å². The van der Waals surface area contributed by atoms with Crippen molar-refractivity contribution in [1.82, 2.24) is 9.97 Å². The minimum atomic E-state index is -0.378. The predicted octanol–water partition coefficient (Wildman–Crippen LogP) is 2.34. The van der Waals surface area contributed by atoms with Gasteiger partial charge in [0.25, 0.3) is 0 Å². The van der Waals surface area contributed by atoms with E-state index in [1.165, 1.54) is 0 Å². The number of esters is 1. The number of carbonyl (C=O) groups is 1. The quantitative estimate of drug-likeness (QED) is 0.683. The maximum atomic E-state index is 11.4. The Hall–Kier alpha value is -1.11. The Morgan fingerprint density at radius 2 is 2.40 bits per heavy atom. The number of halogens is 1. The van der Waals surface area contributed by atoms with Crippen LogP contribution in [0, 0.1) is 3.57 Å². The molecular formula is C10H9IN2O2. The van der Waals surface area contributed by atoms with Crippen molar-refractivity contribution in [3.63, 3.8) is 0 Å². The zero-order valence-corrected chi connectivity index (χ0v) is 10.2. The van der Waals surface area contributed by atoms with E-state index in [9.17, 15) is 4.79 Å². The number of aromatic nitrogens is 2. The van der Waals surface area contributed by atoms with Crippen LogP contribution in [-0.4, -0.2) is 22.5 Å². The summed E-state index contributed by atoms with van der Waals surface area (Å²) in [6.45, 7) is 2.14. The van der Waals surface area contributed by atoms with Gasteiger partial charge in [0, 0.05) is 6.20 Å². The average molecular weight is 316 g/mol. The Morgan fingerprint density at radius 3 is 3.13 bits per heavy atom. The highest BCUT2D eigenvalue weighted by Gasteiger charge is 2.10. The number of ether oxygens (including phenoxy) is 1. The van der Waals surface area contributed by atoms with Gasteiger partial charge >= 0.3 is 5.97 Å². The van der Waals surface area contributed by atoms with Crippen molar-refractivity contribution in [3.05, 3.63) is 27.6 Å². The highest BCUT2D eigenvalue weighted by Crippen LogP contribution is 2.18. The minimum absolute atomic E-state index is 0.349. The summed E-state index contributed by atoms with van der Waals surface area (Å²) in [5.41, 5.74) is 2.08. The van der Waals surface area contributed by atoms with E-state index in [1.807, 2.05) is 12.3 Å². The van der Waals surface area contributed by atoms with E-state index >= 15 is 0 Å². The Labute approximate surface area is 100 Å². The third-order valence-corrected chi connectivity index (χ3v) is 2.78. The van der Waals surface area contributed by atoms with Crippen LogP contribution in [0.4, 0.5) is 0 Å². The van der Waals surface area contributed by atoms with Gasteiger partial charge in [0.05, 0.1) is 15.7 Å². The van der Waals surface area contributed by atoms with Gasteiger partial charge in [-0.05, 0) is 41.6 Å². The SMILES string of the molecule is CCOC(=O)c1ccc2[nH]cc(I)c2n1. The van der Waals surface area contributed by atoms with E-state index in [2.05, 4.69) is 32.6 Å². The van der Waals surface area contributed by atoms with Gasteiger partial charge in [0.15, 0.2) is 0 Å². The Kier molecular flexibility index (Phi) is 2.90. The highest BCUT2D eigenvalue weighted by atomic mass is 127. The molecule has 0 saturated carbocycles. The molecule has 0 aliphatic rings. The van der Waals surface area contributed by atoms with Crippen molar-refractivity contribution in [1.29, 1.82) is 0 Å². The fourth-order valence-electron chi connectivity index (χ4n) is 1.29.